The van der Waals surface area contributed by atoms with Crippen molar-refractivity contribution in [2.45, 2.75) is 31.8 Å². The molecule has 1 heterocycles. The van der Waals surface area contributed by atoms with Gasteiger partial charge in [0.25, 0.3) is 0 Å². The van der Waals surface area contributed by atoms with Crippen LogP contribution in [0.3, 0.4) is 0 Å². The van der Waals surface area contributed by atoms with Crippen molar-refractivity contribution in [1.82, 2.24) is 10.2 Å². The van der Waals surface area contributed by atoms with Gasteiger partial charge in [0, 0.05) is 32.7 Å². The second kappa shape index (κ2) is 6.02. The van der Waals surface area contributed by atoms with E-state index in [4.69, 9.17) is 0 Å². The number of anilines is 1. The molecule has 2 fully saturated rings. The number of carbonyl (C=O) groups excluding carboxylic acids is 1. The molecule has 1 aromatic rings. The van der Waals surface area contributed by atoms with Gasteiger partial charge in [-0.3, -0.25) is 4.79 Å². The van der Waals surface area contributed by atoms with E-state index in [2.05, 4.69) is 5.32 Å². The molecule has 3 rings (SSSR count). The maximum Gasteiger partial charge on any atom is 0.241 e. The summed E-state index contributed by atoms with van der Waals surface area (Å²) in [5, 5.41) is 3.43. The highest BCUT2D eigenvalue weighted by Crippen LogP contribution is 2.27. The molecule has 1 N–H and O–H groups in total. The maximum atomic E-state index is 14.3. The molecule has 0 atom stereocenters. The molecule has 1 aliphatic carbocycles. The molecule has 1 saturated carbocycles. The molecule has 1 saturated heterocycles. The van der Waals surface area contributed by atoms with Crippen LogP contribution in [0.1, 0.15) is 24.8 Å². The highest BCUT2D eigenvalue weighted by atomic mass is 19.1. The van der Waals surface area contributed by atoms with Crippen molar-refractivity contribution >= 4 is 11.6 Å². The Labute approximate surface area is 124 Å². The molecule has 0 spiro atoms. The third-order valence-corrected chi connectivity index (χ3v) is 4.22. The summed E-state index contributed by atoms with van der Waals surface area (Å²) in [7, 11) is 1.81. The molecule has 1 aromatic carbocycles. The molecular weight excluding hydrogens is 269 g/mol. The topological polar surface area (TPSA) is 35.6 Å². The molecule has 4 nitrogen and oxygen atoms in total. The van der Waals surface area contributed by atoms with Crippen LogP contribution < -0.4 is 10.2 Å². The van der Waals surface area contributed by atoms with Crippen LogP contribution in [0.4, 0.5) is 10.1 Å². The van der Waals surface area contributed by atoms with E-state index in [0.29, 0.717) is 24.8 Å². The highest BCUT2D eigenvalue weighted by molar-refractivity contribution is 5.82. The second-order valence-corrected chi connectivity index (χ2v) is 5.99. The number of para-hydroxylation sites is 1. The van der Waals surface area contributed by atoms with Gasteiger partial charge >= 0.3 is 0 Å². The van der Waals surface area contributed by atoms with Crippen molar-refractivity contribution < 1.29 is 9.18 Å². The van der Waals surface area contributed by atoms with Crippen molar-refractivity contribution in [3.8, 4) is 0 Å². The third-order valence-electron chi connectivity index (χ3n) is 4.22. The molecule has 0 radical (unpaired) electrons. The van der Waals surface area contributed by atoms with Crippen LogP contribution in [0.2, 0.25) is 0 Å². The lowest BCUT2D eigenvalue weighted by Crippen LogP contribution is -2.35. The van der Waals surface area contributed by atoms with Crippen molar-refractivity contribution in [3.05, 3.63) is 29.6 Å². The van der Waals surface area contributed by atoms with Crippen LogP contribution in [0, 0.1) is 5.82 Å². The average Bonchev–Trinajstić information content (AvgIpc) is 3.28. The minimum Gasteiger partial charge on any atom is -0.360 e. The van der Waals surface area contributed by atoms with Gasteiger partial charge in [-0.25, -0.2) is 4.39 Å². The van der Waals surface area contributed by atoms with Crippen LogP contribution in [0.25, 0.3) is 0 Å². The van der Waals surface area contributed by atoms with Gasteiger partial charge in [0.05, 0.1) is 12.2 Å². The van der Waals surface area contributed by atoms with E-state index in [1.54, 1.807) is 11.0 Å². The molecule has 0 aromatic heterocycles. The fourth-order valence-electron chi connectivity index (χ4n) is 2.78. The number of amides is 1. The number of hydrogen-bond donors (Lipinski definition) is 1. The van der Waals surface area contributed by atoms with Crippen molar-refractivity contribution in [2.75, 3.05) is 31.6 Å². The zero-order valence-electron chi connectivity index (χ0n) is 12.4. The third kappa shape index (κ3) is 3.35. The smallest absolute Gasteiger partial charge is 0.241 e. The predicted molar refractivity (Wildman–Crippen MR) is 80.7 cm³/mol. The van der Waals surface area contributed by atoms with E-state index < -0.39 is 0 Å². The lowest BCUT2D eigenvalue weighted by molar-refractivity contribution is -0.127. The lowest BCUT2D eigenvalue weighted by Gasteiger charge is -2.25. The van der Waals surface area contributed by atoms with E-state index in [1.807, 2.05) is 18.0 Å². The molecule has 2 aliphatic rings. The lowest BCUT2D eigenvalue weighted by atomic mass is 10.1. The predicted octanol–water partition coefficient (Wildman–Crippen LogP) is 1.75. The first-order valence-corrected chi connectivity index (χ1v) is 7.65. The van der Waals surface area contributed by atoms with Gasteiger partial charge in [-0.15, -0.1) is 0 Å². The van der Waals surface area contributed by atoms with Gasteiger partial charge in [0.1, 0.15) is 5.82 Å². The average molecular weight is 291 g/mol. The fourth-order valence-corrected chi connectivity index (χ4v) is 2.78. The number of rotatable bonds is 4. The Kier molecular flexibility index (Phi) is 4.10. The number of benzene rings is 1. The van der Waals surface area contributed by atoms with Crippen LogP contribution in [0.5, 0.6) is 0 Å². The minimum atomic E-state index is -0.234. The van der Waals surface area contributed by atoms with E-state index in [-0.39, 0.29) is 18.3 Å². The Morgan fingerprint density at radius 2 is 2.14 bits per heavy atom. The van der Waals surface area contributed by atoms with Crippen LogP contribution >= 0.6 is 0 Å². The first-order chi connectivity index (χ1) is 10.1. The summed E-state index contributed by atoms with van der Waals surface area (Å²) in [6, 6.07) is 5.76. The summed E-state index contributed by atoms with van der Waals surface area (Å²) in [5.41, 5.74) is 1.54. The number of nitrogens with one attached hydrogen (secondary N) is 1. The summed E-state index contributed by atoms with van der Waals surface area (Å²) < 4.78 is 14.3. The van der Waals surface area contributed by atoms with E-state index in [9.17, 15) is 9.18 Å². The molecule has 0 bridgehead atoms. The van der Waals surface area contributed by atoms with Gasteiger partial charge in [-0.1, -0.05) is 12.1 Å². The summed E-state index contributed by atoms with van der Waals surface area (Å²) >= 11 is 0. The van der Waals surface area contributed by atoms with Crippen LogP contribution in [-0.4, -0.2) is 43.5 Å². The molecular formula is C16H22FN3O. The van der Waals surface area contributed by atoms with Crippen LogP contribution in [0.15, 0.2) is 18.2 Å². The molecule has 114 valence electrons. The van der Waals surface area contributed by atoms with Crippen LogP contribution in [-0.2, 0) is 11.3 Å². The van der Waals surface area contributed by atoms with E-state index in [1.165, 1.54) is 18.9 Å². The Morgan fingerprint density at radius 1 is 1.33 bits per heavy atom. The SMILES string of the molecule is CN1CCCN(c2c(F)cccc2CNC2CC2)CC1=O. The number of nitrogens with zero attached hydrogens (tertiary/aromatic N) is 2. The quantitative estimate of drug-likeness (QED) is 0.918. The molecule has 1 aliphatic heterocycles. The number of carbonyl (C=O) groups is 1. The molecule has 0 unspecified atom stereocenters. The van der Waals surface area contributed by atoms with Gasteiger partial charge in [0.15, 0.2) is 0 Å². The molecule has 21 heavy (non-hydrogen) atoms. The number of halogens is 1. The molecule has 5 heteroatoms. The van der Waals surface area contributed by atoms with E-state index >= 15 is 0 Å². The Hall–Kier alpha value is -1.62. The standard InChI is InChI=1S/C16H22FN3O/c1-19-8-3-9-20(11-15(19)21)16-12(4-2-5-14(16)17)10-18-13-6-7-13/h2,4-5,13,18H,3,6-11H2,1H3. The van der Waals surface area contributed by atoms with E-state index in [0.717, 1.165) is 18.5 Å². The Balaban J connectivity index is 1.82. The van der Waals surface area contributed by atoms with Crippen molar-refractivity contribution in [3.63, 3.8) is 0 Å². The fraction of sp³-hybridized carbons (Fsp3) is 0.562. The summed E-state index contributed by atoms with van der Waals surface area (Å²) in [6.45, 7) is 2.37. The first-order valence-electron chi connectivity index (χ1n) is 7.65. The minimum absolute atomic E-state index is 0.0526. The van der Waals surface area contributed by atoms with Crippen molar-refractivity contribution in [2.24, 2.45) is 0 Å². The normalized spacial score (nSPS) is 19.8. The maximum absolute atomic E-state index is 14.3. The molecule has 1 amide bonds. The van der Waals surface area contributed by atoms with Crippen molar-refractivity contribution in [1.29, 1.82) is 0 Å². The highest BCUT2D eigenvalue weighted by Gasteiger charge is 2.25. The summed E-state index contributed by atoms with van der Waals surface area (Å²) in [5.74, 6) is -0.181. The zero-order chi connectivity index (χ0) is 14.8. The summed E-state index contributed by atoms with van der Waals surface area (Å²) in [4.78, 5) is 15.7. The monoisotopic (exact) mass is 291 g/mol. The largest absolute Gasteiger partial charge is 0.360 e. The Bertz CT molecular complexity index is 530. The summed E-state index contributed by atoms with van der Waals surface area (Å²) in [6.07, 6.45) is 3.28. The van der Waals surface area contributed by atoms with Gasteiger partial charge in [-0.05, 0) is 30.9 Å². The first kappa shape index (κ1) is 14.3. The van der Waals surface area contributed by atoms with Gasteiger partial charge in [0.2, 0.25) is 5.91 Å². The van der Waals surface area contributed by atoms with Gasteiger partial charge < -0.3 is 15.1 Å². The Morgan fingerprint density at radius 3 is 2.90 bits per heavy atom. The number of hydrogen-bond acceptors (Lipinski definition) is 3. The second-order valence-electron chi connectivity index (χ2n) is 5.99. The van der Waals surface area contributed by atoms with Gasteiger partial charge in [-0.2, -0.15) is 0 Å². The number of likely N-dealkylation sites (N-methyl/N-ethyl adjacent to an activating group) is 1. The zero-order valence-corrected chi connectivity index (χ0v) is 12.4.